The molecule has 114 valence electrons. The first-order valence-corrected chi connectivity index (χ1v) is 7.43. The lowest BCUT2D eigenvalue weighted by atomic mass is 10.0. The highest BCUT2D eigenvalue weighted by molar-refractivity contribution is 7.99. The molecule has 1 aromatic heterocycles. The van der Waals surface area contributed by atoms with E-state index in [1.54, 1.807) is 11.8 Å². The lowest BCUT2D eigenvalue weighted by molar-refractivity contribution is -0.177. The van der Waals surface area contributed by atoms with E-state index in [0.717, 1.165) is 18.1 Å². The van der Waals surface area contributed by atoms with E-state index in [4.69, 9.17) is 4.52 Å². The fraction of sp³-hybridized carbons (Fsp3) is 0.818. The lowest BCUT2D eigenvalue weighted by Crippen LogP contribution is -2.34. The Balaban J connectivity index is 1.88. The molecule has 0 saturated carbocycles. The van der Waals surface area contributed by atoms with Gasteiger partial charge < -0.3 is 14.6 Å². The third-order valence-electron chi connectivity index (χ3n) is 2.84. The summed E-state index contributed by atoms with van der Waals surface area (Å²) in [7, 11) is 0. The summed E-state index contributed by atoms with van der Waals surface area (Å²) in [5.41, 5.74) is 0. The van der Waals surface area contributed by atoms with Gasteiger partial charge in [0.15, 0.2) is 5.82 Å². The molecule has 0 amide bonds. The second kappa shape index (κ2) is 6.77. The molecular formula is C11H16F3N3O2S. The monoisotopic (exact) mass is 311 g/mol. The van der Waals surface area contributed by atoms with Crippen LogP contribution < -0.4 is 5.32 Å². The van der Waals surface area contributed by atoms with E-state index in [1.165, 1.54) is 0 Å². The maximum atomic E-state index is 11.9. The molecule has 1 aliphatic rings. The molecule has 1 fully saturated rings. The van der Waals surface area contributed by atoms with Crippen LogP contribution in [0.3, 0.4) is 0 Å². The van der Waals surface area contributed by atoms with Crippen LogP contribution in [0.5, 0.6) is 0 Å². The topological polar surface area (TPSA) is 60.2 Å². The Morgan fingerprint density at radius 1 is 1.45 bits per heavy atom. The molecular weight excluding hydrogens is 295 g/mol. The quantitative estimate of drug-likeness (QED) is 0.866. The van der Waals surface area contributed by atoms with Gasteiger partial charge in [-0.25, -0.2) is 0 Å². The van der Waals surface area contributed by atoms with Gasteiger partial charge in [-0.15, -0.1) is 0 Å². The first-order chi connectivity index (χ1) is 9.49. The zero-order chi connectivity index (χ0) is 14.6. The summed E-state index contributed by atoms with van der Waals surface area (Å²) in [5, 5.41) is 7.00. The first-order valence-electron chi connectivity index (χ1n) is 6.27. The van der Waals surface area contributed by atoms with E-state index in [9.17, 15) is 13.2 Å². The number of ether oxygens (including phenoxy) is 1. The number of halogens is 3. The molecule has 1 aliphatic heterocycles. The van der Waals surface area contributed by atoms with E-state index in [0.29, 0.717) is 5.89 Å². The summed E-state index contributed by atoms with van der Waals surface area (Å²) in [6.07, 6.45) is -4.34. The Hall–Kier alpha value is -0.800. The molecule has 1 aromatic rings. The fourth-order valence-corrected chi connectivity index (χ4v) is 3.36. The van der Waals surface area contributed by atoms with Crippen LogP contribution in [0.25, 0.3) is 0 Å². The maximum absolute atomic E-state index is 11.9. The number of rotatable bonds is 6. The van der Waals surface area contributed by atoms with Crippen LogP contribution in [-0.2, 0) is 11.3 Å². The second-order valence-electron chi connectivity index (χ2n) is 4.46. The van der Waals surface area contributed by atoms with Crippen LogP contribution in [0.2, 0.25) is 0 Å². The summed E-state index contributed by atoms with van der Waals surface area (Å²) in [4.78, 5) is 4.12. The lowest BCUT2D eigenvalue weighted by Gasteiger charge is -2.15. The van der Waals surface area contributed by atoms with Crippen molar-refractivity contribution in [2.24, 2.45) is 0 Å². The van der Waals surface area contributed by atoms with Gasteiger partial charge in [0.25, 0.3) is 0 Å². The van der Waals surface area contributed by atoms with Gasteiger partial charge in [0.2, 0.25) is 5.89 Å². The van der Waals surface area contributed by atoms with Gasteiger partial charge >= 0.3 is 6.18 Å². The van der Waals surface area contributed by atoms with E-state index in [-0.39, 0.29) is 24.4 Å². The van der Waals surface area contributed by atoms with Gasteiger partial charge in [0.05, 0.1) is 5.92 Å². The molecule has 9 heteroatoms. The van der Waals surface area contributed by atoms with E-state index in [1.807, 2.05) is 6.92 Å². The molecule has 20 heavy (non-hydrogen) atoms. The van der Waals surface area contributed by atoms with Crippen molar-refractivity contribution in [3.8, 4) is 0 Å². The molecule has 2 rings (SSSR count). The SMILES string of the molecule is CCNC1CSCC1c1nc(COCC(F)(F)F)no1. The normalized spacial score (nSPS) is 23.4. The molecule has 5 nitrogen and oxygen atoms in total. The number of aromatic nitrogens is 2. The number of likely N-dealkylation sites (N-methyl/N-ethyl adjacent to an activating group) is 1. The number of nitrogens with one attached hydrogen (secondary N) is 1. The number of alkyl halides is 3. The molecule has 0 radical (unpaired) electrons. The predicted octanol–water partition coefficient (Wildman–Crippen LogP) is 1.96. The van der Waals surface area contributed by atoms with Crippen molar-refractivity contribution in [3.05, 3.63) is 11.7 Å². The molecule has 0 aromatic carbocycles. The molecule has 0 bridgehead atoms. The van der Waals surface area contributed by atoms with E-state index < -0.39 is 12.8 Å². The van der Waals surface area contributed by atoms with Gasteiger partial charge in [-0.05, 0) is 6.54 Å². The predicted molar refractivity (Wildman–Crippen MR) is 67.5 cm³/mol. The Labute approximate surface area is 118 Å². The highest BCUT2D eigenvalue weighted by Crippen LogP contribution is 2.32. The van der Waals surface area contributed by atoms with Crippen LogP contribution in [0.4, 0.5) is 13.2 Å². The van der Waals surface area contributed by atoms with Crippen molar-refractivity contribution in [2.45, 2.75) is 31.7 Å². The maximum Gasteiger partial charge on any atom is 0.411 e. The number of hydrogen-bond acceptors (Lipinski definition) is 6. The molecule has 0 spiro atoms. The number of hydrogen-bond donors (Lipinski definition) is 1. The average Bonchev–Trinajstić information content (AvgIpc) is 2.96. The Bertz CT molecular complexity index is 427. The zero-order valence-electron chi connectivity index (χ0n) is 10.9. The molecule has 0 aliphatic carbocycles. The minimum Gasteiger partial charge on any atom is -0.364 e. The van der Waals surface area contributed by atoms with Gasteiger partial charge in [0, 0.05) is 17.5 Å². The first kappa shape index (κ1) is 15.6. The summed E-state index contributed by atoms with van der Waals surface area (Å²) in [6, 6.07) is 0.259. The molecule has 2 atom stereocenters. The van der Waals surface area contributed by atoms with E-state index >= 15 is 0 Å². The molecule has 2 heterocycles. The number of thioether (sulfide) groups is 1. The Morgan fingerprint density at radius 3 is 2.95 bits per heavy atom. The van der Waals surface area contributed by atoms with Gasteiger partial charge in [-0.1, -0.05) is 12.1 Å². The summed E-state index contributed by atoms with van der Waals surface area (Å²) in [5.74, 6) is 2.54. The molecule has 1 N–H and O–H groups in total. The molecule has 2 unspecified atom stereocenters. The number of nitrogens with zero attached hydrogens (tertiary/aromatic N) is 2. The van der Waals surface area contributed by atoms with Gasteiger partial charge in [-0.2, -0.15) is 29.9 Å². The smallest absolute Gasteiger partial charge is 0.364 e. The largest absolute Gasteiger partial charge is 0.411 e. The van der Waals surface area contributed by atoms with Crippen molar-refractivity contribution in [2.75, 3.05) is 24.7 Å². The Morgan fingerprint density at radius 2 is 2.25 bits per heavy atom. The third kappa shape index (κ3) is 4.35. The average molecular weight is 311 g/mol. The third-order valence-corrected chi connectivity index (χ3v) is 4.03. The van der Waals surface area contributed by atoms with Crippen LogP contribution in [0, 0.1) is 0 Å². The van der Waals surface area contributed by atoms with Gasteiger partial charge in [0.1, 0.15) is 13.2 Å². The van der Waals surface area contributed by atoms with E-state index in [2.05, 4.69) is 20.2 Å². The fourth-order valence-electron chi connectivity index (χ4n) is 2.00. The Kier molecular flexibility index (Phi) is 5.28. The van der Waals surface area contributed by atoms with Crippen molar-refractivity contribution in [1.82, 2.24) is 15.5 Å². The highest BCUT2D eigenvalue weighted by Gasteiger charge is 2.33. The van der Waals surface area contributed by atoms with Crippen molar-refractivity contribution < 1.29 is 22.4 Å². The minimum absolute atomic E-state index is 0.101. The van der Waals surface area contributed by atoms with Crippen molar-refractivity contribution in [3.63, 3.8) is 0 Å². The standard InChI is InChI=1S/C11H16F3N3O2S/c1-2-15-8-5-20-4-7(8)10-16-9(17-19-10)3-18-6-11(12,13)14/h7-8,15H,2-6H2,1H3. The van der Waals surface area contributed by atoms with Crippen LogP contribution in [0.15, 0.2) is 4.52 Å². The minimum atomic E-state index is -4.34. The van der Waals surface area contributed by atoms with Crippen LogP contribution >= 0.6 is 11.8 Å². The van der Waals surface area contributed by atoms with Crippen LogP contribution in [-0.4, -0.2) is 47.0 Å². The van der Waals surface area contributed by atoms with Gasteiger partial charge in [-0.3, -0.25) is 0 Å². The van der Waals surface area contributed by atoms with Crippen molar-refractivity contribution >= 4 is 11.8 Å². The summed E-state index contributed by atoms with van der Waals surface area (Å²) in [6.45, 7) is 1.26. The summed E-state index contributed by atoms with van der Waals surface area (Å²) >= 11 is 1.79. The highest BCUT2D eigenvalue weighted by atomic mass is 32.2. The van der Waals surface area contributed by atoms with Crippen LogP contribution in [0.1, 0.15) is 24.6 Å². The second-order valence-corrected chi connectivity index (χ2v) is 5.54. The zero-order valence-corrected chi connectivity index (χ0v) is 11.8. The van der Waals surface area contributed by atoms with Crippen molar-refractivity contribution in [1.29, 1.82) is 0 Å². The summed E-state index contributed by atoms with van der Waals surface area (Å²) < 4.78 is 45.5. The molecule has 1 saturated heterocycles.